The van der Waals surface area contributed by atoms with Crippen LogP contribution in [0.1, 0.15) is 60.3 Å². The van der Waals surface area contributed by atoms with E-state index in [1.54, 1.807) is 0 Å². The van der Waals surface area contributed by atoms with E-state index in [1.807, 2.05) is 0 Å². The molecule has 0 saturated heterocycles. The summed E-state index contributed by atoms with van der Waals surface area (Å²) in [7, 11) is 0. The Kier molecular flexibility index (Phi) is 3.81. The molecule has 0 spiro atoms. The van der Waals surface area contributed by atoms with Gasteiger partial charge >= 0.3 is 5.97 Å². The average molecular weight is 264 g/mol. The summed E-state index contributed by atoms with van der Waals surface area (Å²) >= 11 is 0. The zero-order valence-corrected chi connectivity index (χ0v) is 13.1. The van der Waals surface area contributed by atoms with Crippen LogP contribution >= 0.6 is 0 Å². The minimum Gasteiger partial charge on any atom is -0.465 e. The molecule has 108 valence electrons. The molecule has 0 heterocycles. The molecule has 0 N–H and O–H groups in total. The monoisotopic (exact) mass is 264 g/mol. The Balaban J connectivity index is 2.28. The van der Waals surface area contributed by atoms with Crippen LogP contribution in [-0.2, 0) is 9.53 Å². The molecule has 0 aromatic rings. The van der Waals surface area contributed by atoms with Gasteiger partial charge in [-0.15, -0.1) is 0 Å². The van der Waals surface area contributed by atoms with Crippen LogP contribution in [0.4, 0.5) is 0 Å². The summed E-state index contributed by atoms with van der Waals surface area (Å²) in [6, 6.07) is 0. The van der Waals surface area contributed by atoms with Crippen molar-refractivity contribution in [2.45, 2.75) is 60.3 Å². The van der Waals surface area contributed by atoms with E-state index >= 15 is 0 Å². The van der Waals surface area contributed by atoms with Crippen LogP contribution in [0.25, 0.3) is 0 Å². The first-order valence-corrected chi connectivity index (χ1v) is 7.57. The first-order chi connectivity index (χ1) is 8.77. The predicted molar refractivity (Wildman–Crippen MR) is 77.7 cm³/mol. The number of carbonyl (C=O) groups is 1. The highest BCUT2D eigenvalue weighted by Crippen LogP contribution is 2.59. The van der Waals surface area contributed by atoms with E-state index in [-0.39, 0.29) is 11.4 Å². The van der Waals surface area contributed by atoms with Gasteiger partial charge in [-0.05, 0) is 42.9 Å². The van der Waals surface area contributed by atoms with Gasteiger partial charge in [-0.1, -0.05) is 38.8 Å². The molecule has 2 rings (SSSR count). The van der Waals surface area contributed by atoms with E-state index in [4.69, 9.17) is 4.74 Å². The number of ether oxygens (including phenoxy) is 1. The smallest absolute Gasteiger partial charge is 0.302 e. The van der Waals surface area contributed by atoms with E-state index in [1.165, 1.54) is 38.2 Å². The van der Waals surface area contributed by atoms with Crippen molar-refractivity contribution in [3.8, 4) is 0 Å². The van der Waals surface area contributed by atoms with Gasteiger partial charge in [0, 0.05) is 12.8 Å². The third kappa shape index (κ3) is 2.59. The Morgan fingerprint density at radius 1 is 1.37 bits per heavy atom. The van der Waals surface area contributed by atoms with Crippen molar-refractivity contribution in [1.29, 1.82) is 0 Å². The lowest BCUT2D eigenvalue weighted by Crippen LogP contribution is -2.49. The minimum absolute atomic E-state index is 0.159. The second kappa shape index (κ2) is 4.96. The Labute approximate surface area is 117 Å². The standard InChI is InChI=1S/C17H28O2/c1-12-7-8-15-16(3,4)9-6-10-17(15,5)14(12)11-19-13(2)18/h7,14-15H,6,8-11H2,1-5H3/t14-,15?,17+/m0/s1. The van der Waals surface area contributed by atoms with Gasteiger partial charge in [0.25, 0.3) is 0 Å². The first-order valence-electron chi connectivity index (χ1n) is 7.57. The van der Waals surface area contributed by atoms with Crippen molar-refractivity contribution in [2.24, 2.45) is 22.7 Å². The van der Waals surface area contributed by atoms with E-state index in [9.17, 15) is 4.79 Å². The second-order valence-electron chi connectivity index (χ2n) is 7.44. The normalized spacial score (nSPS) is 37.2. The van der Waals surface area contributed by atoms with E-state index in [0.29, 0.717) is 23.9 Å². The molecule has 0 aromatic heterocycles. The van der Waals surface area contributed by atoms with E-state index in [2.05, 4.69) is 33.8 Å². The largest absolute Gasteiger partial charge is 0.465 e. The summed E-state index contributed by atoms with van der Waals surface area (Å²) < 4.78 is 5.35. The third-order valence-corrected chi connectivity index (χ3v) is 5.75. The maximum atomic E-state index is 11.1. The summed E-state index contributed by atoms with van der Waals surface area (Å²) in [6.07, 6.45) is 7.45. The molecule has 1 unspecified atom stereocenters. The van der Waals surface area contributed by atoms with Gasteiger partial charge in [0.2, 0.25) is 0 Å². The van der Waals surface area contributed by atoms with Crippen LogP contribution in [0.15, 0.2) is 11.6 Å². The fourth-order valence-corrected chi connectivity index (χ4v) is 4.66. The lowest BCUT2D eigenvalue weighted by Gasteiger charge is -2.56. The number of allylic oxidation sites excluding steroid dienone is 1. The summed E-state index contributed by atoms with van der Waals surface area (Å²) in [6.45, 7) is 11.5. The maximum absolute atomic E-state index is 11.1. The van der Waals surface area contributed by atoms with Gasteiger partial charge in [-0.25, -0.2) is 0 Å². The van der Waals surface area contributed by atoms with Crippen LogP contribution < -0.4 is 0 Å². The maximum Gasteiger partial charge on any atom is 0.302 e. The fourth-order valence-electron chi connectivity index (χ4n) is 4.66. The van der Waals surface area contributed by atoms with Crippen LogP contribution in [0.5, 0.6) is 0 Å². The van der Waals surface area contributed by atoms with Crippen LogP contribution in [0.3, 0.4) is 0 Å². The minimum atomic E-state index is -0.159. The quantitative estimate of drug-likeness (QED) is 0.547. The summed E-state index contributed by atoms with van der Waals surface area (Å²) in [4.78, 5) is 11.1. The van der Waals surface area contributed by atoms with E-state index < -0.39 is 0 Å². The number of carbonyl (C=O) groups excluding carboxylic acids is 1. The van der Waals surface area contributed by atoms with Crippen molar-refractivity contribution < 1.29 is 9.53 Å². The zero-order valence-electron chi connectivity index (χ0n) is 13.1. The fraction of sp³-hybridized carbons (Fsp3) is 0.824. The Morgan fingerprint density at radius 3 is 2.68 bits per heavy atom. The SMILES string of the molecule is CC(=O)OC[C@H]1C(C)=CCC2C(C)(C)CCC[C@@]21C. The molecule has 1 fully saturated rings. The molecule has 0 radical (unpaired) electrons. The van der Waals surface area contributed by atoms with Crippen molar-refractivity contribution in [3.05, 3.63) is 11.6 Å². The molecule has 2 nitrogen and oxygen atoms in total. The van der Waals surface area contributed by atoms with Crippen LogP contribution in [0, 0.1) is 22.7 Å². The van der Waals surface area contributed by atoms with Gasteiger partial charge in [-0.3, -0.25) is 4.79 Å². The average Bonchev–Trinajstić information content (AvgIpc) is 2.26. The molecule has 0 aliphatic heterocycles. The van der Waals surface area contributed by atoms with Crippen molar-refractivity contribution in [2.75, 3.05) is 6.61 Å². The molecular formula is C17H28O2. The van der Waals surface area contributed by atoms with Gasteiger partial charge in [0.05, 0.1) is 6.61 Å². The molecule has 1 saturated carbocycles. The highest BCUT2D eigenvalue weighted by atomic mass is 16.5. The molecule has 2 heteroatoms. The van der Waals surface area contributed by atoms with Gasteiger partial charge < -0.3 is 4.74 Å². The third-order valence-electron chi connectivity index (χ3n) is 5.75. The molecule has 19 heavy (non-hydrogen) atoms. The summed E-state index contributed by atoms with van der Waals surface area (Å²) in [5.74, 6) is 0.946. The zero-order chi connectivity index (χ0) is 14.3. The highest BCUT2D eigenvalue weighted by Gasteiger charge is 2.52. The molecule has 0 amide bonds. The number of esters is 1. The lowest BCUT2D eigenvalue weighted by atomic mass is 9.49. The van der Waals surface area contributed by atoms with Crippen molar-refractivity contribution in [3.63, 3.8) is 0 Å². The Morgan fingerprint density at radius 2 is 2.05 bits per heavy atom. The number of rotatable bonds is 2. The van der Waals surface area contributed by atoms with Crippen molar-refractivity contribution >= 4 is 5.97 Å². The van der Waals surface area contributed by atoms with Crippen LogP contribution in [0.2, 0.25) is 0 Å². The molecule has 3 atom stereocenters. The van der Waals surface area contributed by atoms with E-state index in [0.717, 1.165) is 0 Å². The topological polar surface area (TPSA) is 26.3 Å². The second-order valence-corrected chi connectivity index (χ2v) is 7.44. The van der Waals surface area contributed by atoms with Crippen LogP contribution in [-0.4, -0.2) is 12.6 Å². The lowest BCUT2D eigenvalue weighted by molar-refractivity contribution is -0.145. The summed E-state index contributed by atoms with van der Waals surface area (Å²) in [5.41, 5.74) is 2.10. The first kappa shape index (κ1) is 14.6. The highest BCUT2D eigenvalue weighted by molar-refractivity contribution is 5.65. The molecule has 2 aliphatic rings. The Bertz CT molecular complexity index is 394. The molecular weight excluding hydrogens is 236 g/mol. The molecule has 2 aliphatic carbocycles. The van der Waals surface area contributed by atoms with Gasteiger partial charge in [0.1, 0.15) is 0 Å². The molecule has 0 aromatic carbocycles. The van der Waals surface area contributed by atoms with Crippen molar-refractivity contribution in [1.82, 2.24) is 0 Å². The number of fused-ring (bicyclic) bond motifs is 1. The predicted octanol–water partition coefficient (Wildman–Crippen LogP) is 4.35. The number of hydrogen-bond acceptors (Lipinski definition) is 2. The number of hydrogen-bond donors (Lipinski definition) is 0. The molecule has 0 bridgehead atoms. The van der Waals surface area contributed by atoms with Gasteiger partial charge in [0.15, 0.2) is 0 Å². The summed E-state index contributed by atoms with van der Waals surface area (Å²) in [5, 5.41) is 0. The van der Waals surface area contributed by atoms with Gasteiger partial charge in [-0.2, -0.15) is 0 Å². The Hall–Kier alpha value is -0.790.